The summed E-state index contributed by atoms with van der Waals surface area (Å²) in [5, 5.41) is 0. The molecular formula is C12H15F2NO. The van der Waals surface area contributed by atoms with E-state index in [2.05, 4.69) is 0 Å². The molecule has 2 N–H and O–H groups in total. The summed E-state index contributed by atoms with van der Waals surface area (Å²) in [7, 11) is 0. The highest BCUT2D eigenvalue weighted by atomic mass is 19.1. The number of benzene rings is 1. The molecule has 1 aromatic rings. The Morgan fingerprint density at radius 3 is 2.31 bits per heavy atom. The summed E-state index contributed by atoms with van der Waals surface area (Å²) in [6.45, 7) is 0. The first-order valence-corrected chi connectivity index (χ1v) is 5.53. The lowest BCUT2D eigenvalue weighted by molar-refractivity contribution is 0.131. The summed E-state index contributed by atoms with van der Waals surface area (Å²) < 4.78 is 31.4. The first kappa shape index (κ1) is 11.3. The molecule has 0 aromatic heterocycles. The molecule has 0 bridgehead atoms. The lowest BCUT2D eigenvalue weighted by atomic mass is 9.93. The van der Waals surface area contributed by atoms with E-state index in [1.54, 1.807) is 0 Å². The Kier molecular flexibility index (Phi) is 3.39. The van der Waals surface area contributed by atoms with Crippen molar-refractivity contribution in [3.8, 4) is 5.75 Å². The molecule has 2 rings (SSSR count). The molecule has 0 radical (unpaired) electrons. The van der Waals surface area contributed by atoms with Gasteiger partial charge in [-0.2, -0.15) is 0 Å². The van der Waals surface area contributed by atoms with E-state index in [9.17, 15) is 8.78 Å². The van der Waals surface area contributed by atoms with Crippen LogP contribution in [0.5, 0.6) is 5.75 Å². The third-order valence-corrected chi connectivity index (χ3v) is 2.88. The molecule has 1 aliphatic rings. The normalized spacial score (nSPS) is 25.4. The Hall–Kier alpha value is -1.16. The van der Waals surface area contributed by atoms with Crippen molar-refractivity contribution in [2.45, 2.75) is 37.8 Å². The summed E-state index contributed by atoms with van der Waals surface area (Å²) in [6, 6.07) is 3.16. The van der Waals surface area contributed by atoms with E-state index in [0.717, 1.165) is 31.7 Å². The molecule has 1 saturated carbocycles. The minimum Gasteiger partial charge on any atom is -0.489 e. The van der Waals surface area contributed by atoms with Gasteiger partial charge in [-0.25, -0.2) is 8.78 Å². The molecule has 0 saturated heterocycles. The first-order valence-electron chi connectivity index (χ1n) is 5.53. The zero-order chi connectivity index (χ0) is 11.5. The molecular weight excluding hydrogens is 212 g/mol. The highest BCUT2D eigenvalue weighted by Crippen LogP contribution is 2.24. The Labute approximate surface area is 93.4 Å². The van der Waals surface area contributed by atoms with Crippen molar-refractivity contribution < 1.29 is 13.5 Å². The Bertz CT molecular complexity index is 350. The maximum absolute atomic E-state index is 12.9. The summed E-state index contributed by atoms with van der Waals surface area (Å²) >= 11 is 0. The number of nitrogens with two attached hydrogens (primary N) is 1. The number of hydrogen-bond acceptors (Lipinski definition) is 2. The molecule has 0 spiro atoms. The van der Waals surface area contributed by atoms with Crippen molar-refractivity contribution in [1.29, 1.82) is 0 Å². The lowest BCUT2D eigenvalue weighted by Gasteiger charge is -2.29. The van der Waals surface area contributed by atoms with Crippen LogP contribution in [0.3, 0.4) is 0 Å². The van der Waals surface area contributed by atoms with Crippen molar-refractivity contribution in [3.63, 3.8) is 0 Å². The number of hydrogen-bond donors (Lipinski definition) is 1. The van der Waals surface area contributed by atoms with Gasteiger partial charge in [0.05, 0.1) is 0 Å². The minimum absolute atomic E-state index is 0.0416. The van der Waals surface area contributed by atoms with Crippen LogP contribution < -0.4 is 10.5 Å². The van der Waals surface area contributed by atoms with E-state index in [-0.39, 0.29) is 17.9 Å². The van der Waals surface area contributed by atoms with E-state index in [4.69, 9.17) is 10.5 Å². The van der Waals surface area contributed by atoms with Crippen LogP contribution in [0.4, 0.5) is 8.78 Å². The summed E-state index contributed by atoms with van der Waals surface area (Å²) in [4.78, 5) is 0. The Morgan fingerprint density at radius 2 is 1.69 bits per heavy atom. The second kappa shape index (κ2) is 4.78. The van der Waals surface area contributed by atoms with Crippen LogP contribution in [0, 0.1) is 11.6 Å². The average Bonchev–Trinajstić information content (AvgIpc) is 2.20. The van der Waals surface area contributed by atoms with E-state index in [0.29, 0.717) is 0 Å². The topological polar surface area (TPSA) is 35.2 Å². The number of ether oxygens (including phenoxy) is 1. The predicted molar refractivity (Wildman–Crippen MR) is 57.2 cm³/mol. The minimum atomic E-state index is -0.626. The number of rotatable bonds is 2. The summed E-state index contributed by atoms with van der Waals surface area (Å²) in [5.41, 5.74) is 5.89. The van der Waals surface area contributed by atoms with Crippen LogP contribution in [0.2, 0.25) is 0 Å². The Balaban J connectivity index is 2.07. The van der Waals surface area contributed by atoms with Crippen molar-refractivity contribution in [3.05, 3.63) is 29.8 Å². The maximum atomic E-state index is 12.9. The predicted octanol–water partition coefficient (Wildman–Crippen LogP) is 2.61. The molecule has 2 nitrogen and oxygen atoms in total. The molecule has 2 unspecified atom stereocenters. The number of halogens is 2. The van der Waals surface area contributed by atoms with Crippen LogP contribution >= 0.6 is 0 Å². The standard InChI is InChI=1S/C12H15F2NO/c13-8-5-9(14)7-10(6-8)16-12-4-2-1-3-11(12)15/h5-7,11-12H,1-4,15H2. The van der Waals surface area contributed by atoms with Gasteiger partial charge in [-0.3, -0.25) is 0 Å². The zero-order valence-corrected chi connectivity index (χ0v) is 8.96. The first-order chi connectivity index (χ1) is 7.65. The van der Waals surface area contributed by atoms with E-state index < -0.39 is 11.6 Å². The van der Waals surface area contributed by atoms with Crippen LogP contribution in [0.15, 0.2) is 18.2 Å². The van der Waals surface area contributed by atoms with Gasteiger partial charge in [0, 0.05) is 24.2 Å². The van der Waals surface area contributed by atoms with E-state index in [1.165, 1.54) is 12.1 Å². The fourth-order valence-corrected chi connectivity index (χ4v) is 2.04. The SMILES string of the molecule is NC1CCCCC1Oc1cc(F)cc(F)c1. The maximum Gasteiger partial charge on any atom is 0.129 e. The lowest BCUT2D eigenvalue weighted by Crippen LogP contribution is -2.41. The molecule has 0 heterocycles. The van der Waals surface area contributed by atoms with Gasteiger partial charge >= 0.3 is 0 Å². The highest BCUT2D eigenvalue weighted by molar-refractivity contribution is 5.24. The largest absolute Gasteiger partial charge is 0.489 e. The highest BCUT2D eigenvalue weighted by Gasteiger charge is 2.23. The van der Waals surface area contributed by atoms with Gasteiger partial charge < -0.3 is 10.5 Å². The summed E-state index contributed by atoms with van der Waals surface area (Å²) in [5.74, 6) is -1.03. The molecule has 4 heteroatoms. The molecule has 1 aromatic carbocycles. The van der Waals surface area contributed by atoms with Crippen LogP contribution in [-0.2, 0) is 0 Å². The van der Waals surface area contributed by atoms with Gasteiger partial charge in [-0.1, -0.05) is 6.42 Å². The van der Waals surface area contributed by atoms with E-state index in [1.807, 2.05) is 0 Å². The van der Waals surface area contributed by atoms with Gasteiger partial charge in [-0.05, 0) is 19.3 Å². The van der Waals surface area contributed by atoms with Crippen molar-refractivity contribution in [2.24, 2.45) is 5.73 Å². The monoisotopic (exact) mass is 227 g/mol. The van der Waals surface area contributed by atoms with Gasteiger partial charge in [-0.15, -0.1) is 0 Å². The fraction of sp³-hybridized carbons (Fsp3) is 0.500. The van der Waals surface area contributed by atoms with Gasteiger partial charge in [0.15, 0.2) is 0 Å². The quantitative estimate of drug-likeness (QED) is 0.842. The third kappa shape index (κ3) is 2.70. The van der Waals surface area contributed by atoms with Crippen molar-refractivity contribution in [1.82, 2.24) is 0 Å². The molecule has 1 fully saturated rings. The van der Waals surface area contributed by atoms with Crippen molar-refractivity contribution in [2.75, 3.05) is 0 Å². The second-order valence-corrected chi connectivity index (χ2v) is 4.21. The smallest absolute Gasteiger partial charge is 0.129 e. The van der Waals surface area contributed by atoms with Crippen LogP contribution in [0.25, 0.3) is 0 Å². The van der Waals surface area contributed by atoms with Crippen LogP contribution in [-0.4, -0.2) is 12.1 Å². The Morgan fingerprint density at radius 1 is 1.06 bits per heavy atom. The zero-order valence-electron chi connectivity index (χ0n) is 8.96. The molecule has 2 atom stereocenters. The molecule has 0 amide bonds. The van der Waals surface area contributed by atoms with Crippen LogP contribution in [0.1, 0.15) is 25.7 Å². The molecule has 16 heavy (non-hydrogen) atoms. The van der Waals surface area contributed by atoms with Gasteiger partial charge in [0.1, 0.15) is 23.5 Å². The van der Waals surface area contributed by atoms with Crippen molar-refractivity contribution >= 4 is 0 Å². The second-order valence-electron chi connectivity index (χ2n) is 4.21. The fourth-order valence-electron chi connectivity index (χ4n) is 2.04. The van der Waals surface area contributed by atoms with E-state index >= 15 is 0 Å². The summed E-state index contributed by atoms with van der Waals surface area (Å²) in [6.07, 6.45) is 3.77. The van der Waals surface area contributed by atoms with Gasteiger partial charge in [0.2, 0.25) is 0 Å². The third-order valence-electron chi connectivity index (χ3n) is 2.88. The van der Waals surface area contributed by atoms with Gasteiger partial charge in [0.25, 0.3) is 0 Å². The average molecular weight is 227 g/mol. The molecule has 88 valence electrons. The molecule has 0 aliphatic heterocycles. The molecule has 1 aliphatic carbocycles.